The van der Waals surface area contributed by atoms with E-state index in [1.807, 2.05) is 19.1 Å². The topological polar surface area (TPSA) is 60.8 Å². The third-order valence-corrected chi connectivity index (χ3v) is 3.99. The van der Waals surface area contributed by atoms with Gasteiger partial charge in [0.15, 0.2) is 0 Å². The third-order valence-electron chi connectivity index (χ3n) is 3.72. The maximum Gasteiger partial charge on any atom is 0.138 e. The molecule has 1 aliphatic rings. The van der Waals surface area contributed by atoms with Crippen LogP contribution in [0.3, 0.4) is 0 Å². The van der Waals surface area contributed by atoms with Crippen molar-refractivity contribution in [1.82, 2.24) is 4.98 Å². The molecule has 0 amide bonds. The van der Waals surface area contributed by atoms with E-state index in [2.05, 4.69) is 45.9 Å². The Morgan fingerprint density at radius 2 is 2.15 bits per heavy atom. The number of aliphatic hydroxyl groups excluding tert-OH is 1. The normalized spacial score (nSPS) is 19.5. The Kier molecular flexibility index (Phi) is 8.59. The van der Waals surface area contributed by atoms with Gasteiger partial charge < -0.3 is 19.3 Å². The lowest BCUT2D eigenvalue weighted by molar-refractivity contribution is -0.0272. The van der Waals surface area contributed by atoms with Crippen molar-refractivity contribution >= 4 is 15.9 Å². The maximum atomic E-state index is 8.71. The molecule has 1 fully saturated rings. The van der Waals surface area contributed by atoms with Crippen LogP contribution >= 0.6 is 15.9 Å². The number of rotatable bonds is 9. The van der Waals surface area contributed by atoms with Crippen LogP contribution in [0.4, 0.5) is 0 Å². The predicted molar refractivity (Wildman–Crippen MR) is 108 cm³/mol. The number of hydrogen-bond acceptors (Lipinski definition) is 5. The third kappa shape index (κ3) is 8.00. The van der Waals surface area contributed by atoms with E-state index in [4.69, 9.17) is 19.3 Å². The van der Waals surface area contributed by atoms with E-state index in [0.29, 0.717) is 17.2 Å². The zero-order valence-corrected chi connectivity index (χ0v) is 16.9. The molecule has 0 aromatic carbocycles. The number of aromatic nitrogens is 1. The van der Waals surface area contributed by atoms with Gasteiger partial charge in [0, 0.05) is 17.3 Å². The van der Waals surface area contributed by atoms with Crippen LogP contribution < -0.4 is 4.74 Å². The first-order valence-electron chi connectivity index (χ1n) is 8.71. The highest BCUT2D eigenvalue weighted by atomic mass is 79.9. The predicted octanol–water partition coefficient (Wildman–Crippen LogP) is 3.74. The first-order chi connectivity index (χ1) is 13.0. The van der Waals surface area contributed by atoms with Crippen LogP contribution in [0.15, 0.2) is 53.9 Å². The van der Waals surface area contributed by atoms with Gasteiger partial charge in [-0.25, -0.2) is 4.98 Å². The van der Waals surface area contributed by atoms with Crippen LogP contribution in [-0.4, -0.2) is 41.6 Å². The number of pyridine rings is 1. The molecule has 1 heterocycles. The fraction of sp³-hybridized carbons (Fsp3) is 0.381. The molecular weight excluding hydrogens is 410 g/mol. The minimum atomic E-state index is -0.251. The van der Waals surface area contributed by atoms with Gasteiger partial charge in [-0.3, -0.25) is 0 Å². The highest BCUT2D eigenvalue weighted by Gasteiger charge is 2.32. The van der Waals surface area contributed by atoms with E-state index in [1.54, 1.807) is 18.3 Å². The van der Waals surface area contributed by atoms with Gasteiger partial charge in [0.25, 0.3) is 0 Å². The molecule has 1 atom stereocenters. The maximum absolute atomic E-state index is 8.71. The molecule has 27 heavy (non-hydrogen) atoms. The molecule has 0 radical (unpaired) electrons. The summed E-state index contributed by atoms with van der Waals surface area (Å²) in [5, 5.41) is 8.71. The second-order valence-corrected chi connectivity index (χ2v) is 7.10. The van der Waals surface area contributed by atoms with Crippen molar-refractivity contribution in [3.05, 3.63) is 59.6 Å². The van der Waals surface area contributed by atoms with Crippen molar-refractivity contribution in [3.8, 4) is 17.6 Å². The molecule has 1 N–H and O–H groups in total. The summed E-state index contributed by atoms with van der Waals surface area (Å²) in [4.78, 5) is 4.28. The van der Waals surface area contributed by atoms with Crippen LogP contribution in [0.5, 0.6) is 5.75 Å². The van der Waals surface area contributed by atoms with E-state index in [-0.39, 0.29) is 31.5 Å². The zero-order chi connectivity index (χ0) is 19.6. The Morgan fingerprint density at radius 1 is 1.37 bits per heavy atom. The molecule has 1 aliphatic carbocycles. The number of halogens is 1. The number of ether oxygens (including phenoxy) is 3. The van der Waals surface area contributed by atoms with E-state index in [0.717, 1.165) is 17.3 Å². The fourth-order valence-electron chi connectivity index (χ4n) is 2.31. The highest BCUT2D eigenvalue weighted by molar-refractivity contribution is 9.11. The second-order valence-electron chi connectivity index (χ2n) is 6.08. The summed E-state index contributed by atoms with van der Waals surface area (Å²) in [5.74, 6) is 7.20. The van der Waals surface area contributed by atoms with Gasteiger partial charge in [0.05, 0.1) is 19.4 Å². The monoisotopic (exact) mass is 433 g/mol. The molecule has 144 valence electrons. The average Bonchev–Trinajstić information content (AvgIpc) is 2.62. The minimum absolute atomic E-state index is 0.0131. The quantitative estimate of drug-likeness (QED) is 0.365. The average molecular weight is 434 g/mol. The summed E-state index contributed by atoms with van der Waals surface area (Å²) in [7, 11) is 0. The Labute approximate surface area is 168 Å². The van der Waals surface area contributed by atoms with Gasteiger partial charge in [0.2, 0.25) is 0 Å². The van der Waals surface area contributed by atoms with E-state index >= 15 is 0 Å². The summed E-state index contributed by atoms with van der Waals surface area (Å²) in [5.41, 5.74) is 0.646. The number of nitrogens with zero attached hydrogens (tertiary/aromatic N) is 1. The van der Waals surface area contributed by atoms with Crippen LogP contribution in [0.1, 0.15) is 25.5 Å². The highest BCUT2D eigenvalue weighted by Crippen LogP contribution is 2.29. The summed E-state index contributed by atoms with van der Waals surface area (Å²) < 4.78 is 17.6. The summed E-state index contributed by atoms with van der Waals surface area (Å²) in [6.45, 7) is 9.67. The molecule has 0 spiro atoms. The van der Waals surface area contributed by atoms with Gasteiger partial charge in [-0.2, -0.15) is 0 Å². The lowest BCUT2D eigenvalue weighted by Gasteiger charge is -2.35. The minimum Gasteiger partial charge on any atom is -0.491 e. The van der Waals surface area contributed by atoms with Crippen LogP contribution in [0, 0.1) is 11.8 Å². The van der Waals surface area contributed by atoms with Gasteiger partial charge in [-0.15, -0.1) is 0 Å². The first-order valence-corrected chi connectivity index (χ1v) is 9.50. The van der Waals surface area contributed by atoms with Crippen molar-refractivity contribution in [2.75, 3.05) is 13.2 Å². The Bertz CT molecular complexity index is 727. The Balaban J connectivity index is 1.73. The summed E-state index contributed by atoms with van der Waals surface area (Å²) in [6.07, 6.45) is 6.85. The molecular formula is C21H24BrNO4. The molecule has 6 heteroatoms. The summed E-state index contributed by atoms with van der Waals surface area (Å²) in [6, 6.07) is 3.67. The largest absolute Gasteiger partial charge is 0.491 e. The van der Waals surface area contributed by atoms with E-state index in [1.165, 1.54) is 0 Å². The van der Waals surface area contributed by atoms with E-state index in [9.17, 15) is 0 Å². The molecule has 0 saturated heterocycles. The Hall–Kier alpha value is -2.07. The molecule has 1 saturated carbocycles. The van der Waals surface area contributed by atoms with Crippen molar-refractivity contribution in [2.24, 2.45) is 0 Å². The van der Waals surface area contributed by atoms with Crippen molar-refractivity contribution in [2.45, 2.75) is 38.1 Å². The standard InChI is InChI=1S/C21H24BrNO4/c1-15(22)4-5-17(3)26-20-12-21(13-20)27-19-9-8-18(23-14-19)7-6-16(2)25-11-10-24/h4-5,8-9,14,16,20-21,24H,1,3,10-13H2,2H3/b5-4-. The lowest BCUT2D eigenvalue weighted by atomic mass is 9.92. The Morgan fingerprint density at radius 3 is 2.78 bits per heavy atom. The van der Waals surface area contributed by atoms with Gasteiger partial charge in [-0.05, 0) is 37.1 Å². The molecule has 1 aromatic rings. The molecule has 5 nitrogen and oxygen atoms in total. The van der Waals surface area contributed by atoms with Crippen molar-refractivity contribution in [1.29, 1.82) is 0 Å². The first kappa shape index (κ1) is 21.2. The van der Waals surface area contributed by atoms with Gasteiger partial charge >= 0.3 is 0 Å². The molecule has 2 rings (SSSR count). The van der Waals surface area contributed by atoms with Gasteiger partial charge in [-0.1, -0.05) is 35.0 Å². The van der Waals surface area contributed by atoms with E-state index < -0.39 is 0 Å². The van der Waals surface area contributed by atoms with Crippen LogP contribution in [0.25, 0.3) is 0 Å². The van der Waals surface area contributed by atoms with Crippen molar-refractivity contribution in [3.63, 3.8) is 0 Å². The number of allylic oxidation sites excluding steroid dienone is 3. The second kappa shape index (κ2) is 10.9. The molecule has 0 aliphatic heterocycles. The SMILES string of the molecule is C=C(Br)/C=C\C(=C)OC1CC(Oc2ccc(C#CC(C)OCCO)nc2)C1. The van der Waals surface area contributed by atoms with Crippen LogP contribution in [-0.2, 0) is 9.47 Å². The fourth-order valence-corrected chi connectivity index (χ4v) is 2.44. The van der Waals surface area contributed by atoms with Gasteiger partial charge in [0.1, 0.15) is 35.5 Å². The number of aliphatic hydroxyl groups is 1. The molecule has 1 unspecified atom stereocenters. The number of hydrogen-bond donors (Lipinski definition) is 1. The van der Waals surface area contributed by atoms with Crippen LogP contribution in [0.2, 0.25) is 0 Å². The smallest absolute Gasteiger partial charge is 0.138 e. The van der Waals surface area contributed by atoms with Crippen molar-refractivity contribution < 1.29 is 19.3 Å². The molecule has 0 bridgehead atoms. The summed E-state index contributed by atoms with van der Waals surface area (Å²) >= 11 is 3.25. The zero-order valence-electron chi connectivity index (χ0n) is 15.4. The molecule has 1 aromatic heterocycles. The lowest BCUT2D eigenvalue weighted by Crippen LogP contribution is -2.39.